The number of aliphatic hydroxyl groups excluding tert-OH is 1. The summed E-state index contributed by atoms with van der Waals surface area (Å²) in [4.78, 5) is 13.7. The van der Waals surface area contributed by atoms with Crippen LogP contribution in [0.1, 0.15) is 31.2 Å². The summed E-state index contributed by atoms with van der Waals surface area (Å²) >= 11 is 0. The van der Waals surface area contributed by atoms with Gasteiger partial charge in [0.15, 0.2) is 0 Å². The van der Waals surface area contributed by atoms with Gasteiger partial charge in [0.1, 0.15) is 0 Å². The molecule has 1 aromatic rings. The third-order valence-electron chi connectivity index (χ3n) is 3.93. The SMILES string of the molecule is CN(CC1CCCCC1O)C(=O)NCc1cnn(C)c1. The number of aromatic nitrogens is 2. The van der Waals surface area contributed by atoms with E-state index in [0.717, 1.165) is 31.2 Å². The van der Waals surface area contributed by atoms with Crippen LogP contribution in [0, 0.1) is 5.92 Å². The second kappa shape index (κ2) is 6.74. The molecule has 2 atom stereocenters. The van der Waals surface area contributed by atoms with E-state index in [0.29, 0.717) is 13.1 Å². The van der Waals surface area contributed by atoms with Gasteiger partial charge in [0.2, 0.25) is 0 Å². The summed E-state index contributed by atoms with van der Waals surface area (Å²) in [5, 5.41) is 16.9. The molecule has 6 heteroatoms. The molecule has 1 saturated carbocycles. The van der Waals surface area contributed by atoms with Crippen molar-refractivity contribution >= 4 is 6.03 Å². The molecule has 1 fully saturated rings. The number of hydrogen-bond acceptors (Lipinski definition) is 3. The Hall–Kier alpha value is -1.56. The molecule has 112 valence electrons. The van der Waals surface area contributed by atoms with E-state index in [4.69, 9.17) is 0 Å². The molecule has 1 aliphatic rings. The lowest BCUT2D eigenvalue weighted by Gasteiger charge is -2.31. The van der Waals surface area contributed by atoms with Gasteiger partial charge in [0.25, 0.3) is 0 Å². The van der Waals surface area contributed by atoms with E-state index in [9.17, 15) is 9.90 Å². The minimum Gasteiger partial charge on any atom is -0.393 e. The molecule has 0 bridgehead atoms. The molecule has 0 spiro atoms. The number of amides is 2. The van der Waals surface area contributed by atoms with E-state index in [1.807, 2.05) is 13.2 Å². The standard InChI is InChI=1S/C14H24N4O2/c1-17(10-12-5-3-4-6-13(12)19)14(20)15-7-11-8-16-18(2)9-11/h8-9,12-13,19H,3-7,10H2,1-2H3,(H,15,20). The van der Waals surface area contributed by atoms with Crippen LogP contribution >= 0.6 is 0 Å². The highest BCUT2D eigenvalue weighted by Crippen LogP contribution is 2.24. The fourth-order valence-electron chi connectivity index (χ4n) is 2.71. The molecule has 0 aromatic carbocycles. The van der Waals surface area contributed by atoms with Crippen molar-refractivity contribution in [2.24, 2.45) is 13.0 Å². The van der Waals surface area contributed by atoms with Crippen molar-refractivity contribution in [1.82, 2.24) is 20.0 Å². The zero-order chi connectivity index (χ0) is 14.5. The Labute approximate surface area is 119 Å². The van der Waals surface area contributed by atoms with Crippen molar-refractivity contribution in [2.75, 3.05) is 13.6 Å². The second-order valence-corrected chi connectivity index (χ2v) is 5.67. The van der Waals surface area contributed by atoms with Crippen LogP contribution in [0.15, 0.2) is 12.4 Å². The molecule has 2 rings (SSSR count). The van der Waals surface area contributed by atoms with Crippen LogP contribution in [0.4, 0.5) is 4.79 Å². The highest BCUT2D eigenvalue weighted by Gasteiger charge is 2.25. The van der Waals surface area contributed by atoms with Crippen molar-refractivity contribution in [3.8, 4) is 0 Å². The minimum absolute atomic E-state index is 0.105. The number of nitrogens with one attached hydrogen (secondary N) is 1. The molecular weight excluding hydrogens is 256 g/mol. The normalized spacial score (nSPS) is 22.6. The van der Waals surface area contributed by atoms with E-state index in [1.165, 1.54) is 0 Å². The zero-order valence-corrected chi connectivity index (χ0v) is 12.2. The maximum Gasteiger partial charge on any atom is 0.317 e. The summed E-state index contributed by atoms with van der Waals surface area (Å²) in [7, 11) is 3.63. The zero-order valence-electron chi connectivity index (χ0n) is 12.2. The Morgan fingerprint density at radius 1 is 1.55 bits per heavy atom. The van der Waals surface area contributed by atoms with E-state index in [-0.39, 0.29) is 18.1 Å². The molecule has 2 N–H and O–H groups in total. The fraction of sp³-hybridized carbons (Fsp3) is 0.714. The molecule has 20 heavy (non-hydrogen) atoms. The van der Waals surface area contributed by atoms with Gasteiger partial charge in [0, 0.05) is 44.9 Å². The Balaban J connectivity index is 1.76. The van der Waals surface area contributed by atoms with Gasteiger partial charge >= 0.3 is 6.03 Å². The predicted molar refractivity (Wildman–Crippen MR) is 76.0 cm³/mol. The van der Waals surface area contributed by atoms with Gasteiger partial charge in [0.05, 0.1) is 12.3 Å². The highest BCUT2D eigenvalue weighted by atomic mass is 16.3. The first kappa shape index (κ1) is 14.8. The number of aryl methyl sites for hydroxylation is 1. The molecule has 1 aliphatic carbocycles. The summed E-state index contributed by atoms with van der Waals surface area (Å²) in [5.41, 5.74) is 0.979. The lowest BCUT2D eigenvalue weighted by atomic mass is 9.86. The summed E-state index contributed by atoms with van der Waals surface area (Å²) in [6.07, 6.45) is 7.45. The summed E-state index contributed by atoms with van der Waals surface area (Å²) in [6, 6.07) is -0.105. The highest BCUT2D eigenvalue weighted by molar-refractivity contribution is 5.73. The van der Waals surface area contributed by atoms with E-state index in [1.54, 1.807) is 22.8 Å². The average molecular weight is 280 g/mol. The smallest absolute Gasteiger partial charge is 0.317 e. The van der Waals surface area contributed by atoms with Crippen molar-refractivity contribution < 1.29 is 9.90 Å². The number of carbonyl (C=O) groups excluding carboxylic acids is 1. The van der Waals surface area contributed by atoms with Crippen molar-refractivity contribution in [3.63, 3.8) is 0 Å². The quantitative estimate of drug-likeness (QED) is 0.868. The Bertz CT molecular complexity index is 446. The van der Waals surface area contributed by atoms with Crippen molar-refractivity contribution in [1.29, 1.82) is 0 Å². The molecule has 0 saturated heterocycles. The Morgan fingerprint density at radius 2 is 2.30 bits per heavy atom. The monoisotopic (exact) mass is 280 g/mol. The first-order valence-electron chi connectivity index (χ1n) is 7.21. The van der Waals surface area contributed by atoms with E-state index >= 15 is 0 Å². The first-order valence-corrected chi connectivity index (χ1v) is 7.21. The third kappa shape index (κ3) is 3.96. The lowest BCUT2D eigenvalue weighted by molar-refractivity contribution is 0.0565. The molecule has 6 nitrogen and oxygen atoms in total. The van der Waals surface area contributed by atoms with Crippen molar-refractivity contribution in [2.45, 2.75) is 38.3 Å². The molecule has 0 aliphatic heterocycles. The lowest BCUT2D eigenvalue weighted by Crippen LogP contribution is -2.42. The average Bonchev–Trinajstić information content (AvgIpc) is 2.84. The molecule has 2 amide bonds. The van der Waals surface area contributed by atoms with Crippen LogP contribution in [0.3, 0.4) is 0 Å². The number of carbonyl (C=O) groups is 1. The van der Waals surface area contributed by atoms with Crippen LogP contribution in [-0.4, -0.2) is 45.5 Å². The number of hydrogen-bond donors (Lipinski definition) is 2. The molecule has 1 heterocycles. The Morgan fingerprint density at radius 3 is 2.95 bits per heavy atom. The van der Waals surface area contributed by atoms with Gasteiger partial charge in [-0.15, -0.1) is 0 Å². The van der Waals surface area contributed by atoms with E-state index in [2.05, 4.69) is 10.4 Å². The van der Waals surface area contributed by atoms with Crippen LogP contribution in [0.5, 0.6) is 0 Å². The molecule has 1 aromatic heterocycles. The number of urea groups is 1. The van der Waals surface area contributed by atoms with Gasteiger partial charge in [-0.05, 0) is 12.8 Å². The molecule has 2 unspecified atom stereocenters. The van der Waals surface area contributed by atoms with Gasteiger partial charge in [-0.3, -0.25) is 4.68 Å². The summed E-state index contributed by atoms with van der Waals surface area (Å²) in [6.45, 7) is 1.09. The van der Waals surface area contributed by atoms with Crippen LogP contribution < -0.4 is 5.32 Å². The largest absolute Gasteiger partial charge is 0.393 e. The molecule has 0 radical (unpaired) electrons. The fourth-order valence-corrected chi connectivity index (χ4v) is 2.71. The van der Waals surface area contributed by atoms with Gasteiger partial charge < -0.3 is 15.3 Å². The van der Waals surface area contributed by atoms with Crippen LogP contribution in [0.2, 0.25) is 0 Å². The predicted octanol–water partition coefficient (Wildman–Crippen LogP) is 1.11. The van der Waals surface area contributed by atoms with Gasteiger partial charge in [-0.25, -0.2) is 4.79 Å². The summed E-state index contributed by atoms with van der Waals surface area (Å²) in [5.74, 6) is 0.206. The van der Waals surface area contributed by atoms with Crippen LogP contribution in [0.25, 0.3) is 0 Å². The minimum atomic E-state index is -0.266. The third-order valence-corrected chi connectivity index (χ3v) is 3.93. The second-order valence-electron chi connectivity index (χ2n) is 5.67. The van der Waals surface area contributed by atoms with Crippen molar-refractivity contribution in [3.05, 3.63) is 18.0 Å². The number of rotatable bonds is 4. The first-order chi connectivity index (χ1) is 9.56. The number of nitrogens with zero attached hydrogens (tertiary/aromatic N) is 3. The number of aliphatic hydroxyl groups is 1. The summed E-state index contributed by atoms with van der Waals surface area (Å²) < 4.78 is 1.71. The maximum atomic E-state index is 12.0. The molecular formula is C14H24N4O2. The van der Waals surface area contributed by atoms with Gasteiger partial charge in [-0.1, -0.05) is 12.8 Å². The topological polar surface area (TPSA) is 70.4 Å². The maximum absolute atomic E-state index is 12.0. The van der Waals surface area contributed by atoms with Gasteiger partial charge in [-0.2, -0.15) is 5.10 Å². The van der Waals surface area contributed by atoms with Crippen LogP contribution in [-0.2, 0) is 13.6 Å². The Kier molecular flexibility index (Phi) is 5.00. The van der Waals surface area contributed by atoms with E-state index < -0.39 is 0 Å².